The summed E-state index contributed by atoms with van der Waals surface area (Å²) in [5.74, 6) is -3.31. The Morgan fingerprint density at radius 2 is 1.42 bits per heavy atom. The zero-order valence-electron chi connectivity index (χ0n) is 12.0. The number of para-hydroxylation sites is 3. The molecular weight excluding hydrogens is 321 g/mol. The van der Waals surface area contributed by atoms with Gasteiger partial charge in [-0.3, -0.25) is 10.1 Å². The lowest BCUT2D eigenvalue weighted by molar-refractivity contribution is -0.385. The first-order valence-corrected chi connectivity index (χ1v) is 6.57. The zero-order chi connectivity index (χ0) is 17.5. The molecule has 0 aliphatic carbocycles. The van der Waals surface area contributed by atoms with Crippen molar-refractivity contribution < 1.29 is 28.4 Å². The number of halogens is 1. The number of carbonyl (C=O) groups excluding carboxylic acids is 2. The van der Waals surface area contributed by atoms with Gasteiger partial charge < -0.3 is 9.47 Å². The van der Waals surface area contributed by atoms with Crippen molar-refractivity contribution in [3.63, 3.8) is 0 Å². The van der Waals surface area contributed by atoms with Gasteiger partial charge in [0.05, 0.1) is 4.92 Å². The molecular formula is C16H10FNO6. The minimum atomic E-state index is -1.02. The molecule has 0 aromatic heterocycles. The van der Waals surface area contributed by atoms with E-state index >= 15 is 0 Å². The van der Waals surface area contributed by atoms with Gasteiger partial charge in [-0.05, 0) is 18.2 Å². The second-order valence-corrected chi connectivity index (χ2v) is 4.33. The summed E-state index contributed by atoms with van der Waals surface area (Å²) in [7, 11) is 0. The third kappa shape index (κ3) is 4.47. The van der Waals surface area contributed by atoms with E-state index in [1.165, 1.54) is 42.5 Å². The van der Waals surface area contributed by atoms with Crippen molar-refractivity contribution in [3.8, 4) is 11.5 Å². The molecule has 0 atom stereocenters. The Bertz CT molecular complexity index is 818. The van der Waals surface area contributed by atoms with Gasteiger partial charge >= 0.3 is 17.6 Å². The van der Waals surface area contributed by atoms with Crippen molar-refractivity contribution in [1.82, 2.24) is 0 Å². The first-order chi connectivity index (χ1) is 11.5. The first kappa shape index (κ1) is 16.8. The van der Waals surface area contributed by atoms with Crippen LogP contribution in [0.25, 0.3) is 0 Å². The van der Waals surface area contributed by atoms with E-state index in [4.69, 9.17) is 9.47 Å². The van der Waals surface area contributed by atoms with Crippen molar-refractivity contribution in [2.24, 2.45) is 0 Å². The average molecular weight is 331 g/mol. The van der Waals surface area contributed by atoms with Gasteiger partial charge in [-0.15, -0.1) is 0 Å². The van der Waals surface area contributed by atoms with E-state index in [1.54, 1.807) is 0 Å². The number of hydrogen-bond acceptors (Lipinski definition) is 6. The van der Waals surface area contributed by atoms with E-state index in [0.717, 1.165) is 18.2 Å². The third-order valence-corrected chi connectivity index (χ3v) is 2.68. The summed E-state index contributed by atoms with van der Waals surface area (Å²) in [5.41, 5.74) is -0.395. The van der Waals surface area contributed by atoms with Crippen molar-refractivity contribution in [3.05, 3.63) is 76.6 Å². The van der Waals surface area contributed by atoms with Crippen molar-refractivity contribution in [1.29, 1.82) is 0 Å². The quantitative estimate of drug-likeness (QED) is 0.275. The molecule has 0 saturated carbocycles. The van der Waals surface area contributed by atoms with Crippen molar-refractivity contribution in [2.75, 3.05) is 0 Å². The number of esters is 2. The van der Waals surface area contributed by atoms with E-state index in [9.17, 15) is 24.1 Å². The van der Waals surface area contributed by atoms with Crippen LogP contribution in [0.3, 0.4) is 0 Å². The summed E-state index contributed by atoms with van der Waals surface area (Å²) in [6.07, 6.45) is 1.45. The fourth-order valence-electron chi connectivity index (χ4n) is 1.64. The number of nitrogens with zero attached hydrogens (tertiary/aromatic N) is 1. The Morgan fingerprint density at radius 3 is 2.00 bits per heavy atom. The molecule has 122 valence electrons. The molecule has 0 unspecified atom stereocenters. The highest BCUT2D eigenvalue weighted by Gasteiger charge is 2.16. The highest BCUT2D eigenvalue weighted by atomic mass is 19.1. The molecule has 0 amide bonds. The number of rotatable bonds is 5. The summed E-state index contributed by atoms with van der Waals surface area (Å²) in [4.78, 5) is 33.2. The predicted molar refractivity (Wildman–Crippen MR) is 79.9 cm³/mol. The van der Waals surface area contributed by atoms with Crippen molar-refractivity contribution in [2.45, 2.75) is 0 Å². The monoisotopic (exact) mass is 331 g/mol. The number of hydrogen-bond donors (Lipinski definition) is 0. The number of carbonyl (C=O) groups is 2. The van der Waals surface area contributed by atoms with Gasteiger partial charge in [0.15, 0.2) is 11.6 Å². The van der Waals surface area contributed by atoms with Crippen LogP contribution in [-0.2, 0) is 9.59 Å². The maximum absolute atomic E-state index is 13.3. The molecule has 8 heteroatoms. The van der Waals surface area contributed by atoms with Crippen LogP contribution in [0.4, 0.5) is 10.1 Å². The molecule has 7 nitrogen and oxygen atoms in total. The standard InChI is InChI=1S/C16H10FNO6/c17-11-5-1-3-7-13(11)23-15(19)9-10-16(20)24-14-8-4-2-6-12(14)18(21)22/h1-10H/b10-9+. The molecule has 2 rings (SSSR count). The molecule has 24 heavy (non-hydrogen) atoms. The van der Waals surface area contributed by atoms with Crippen LogP contribution in [0.1, 0.15) is 0 Å². The maximum atomic E-state index is 13.3. The number of benzene rings is 2. The molecule has 0 spiro atoms. The lowest BCUT2D eigenvalue weighted by Crippen LogP contribution is -2.09. The molecule has 0 radical (unpaired) electrons. The van der Waals surface area contributed by atoms with E-state index in [2.05, 4.69) is 0 Å². The summed E-state index contributed by atoms with van der Waals surface area (Å²) >= 11 is 0. The van der Waals surface area contributed by atoms with Crippen LogP contribution < -0.4 is 9.47 Å². The van der Waals surface area contributed by atoms with E-state index < -0.39 is 28.4 Å². The molecule has 0 bridgehead atoms. The number of nitro benzene ring substituents is 1. The number of nitro groups is 1. The Morgan fingerprint density at radius 1 is 0.917 bits per heavy atom. The normalized spacial score (nSPS) is 10.4. The summed E-state index contributed by atoms with van der Waals surface area (Å²) in [6.45, 7) is 0. The fourth-order valence-corrected chi connectivity index (χ4v) is 1.64. The minimum Gasteiger partial charge on any atom is -0.420 e. The zero-order valence-corrected chi connectivity index (χ0v) is 12.0. The molecule has 0 N–H and O–H groups in total. The van der Waals surface area contributed by atoms with Crippen LogP contribution in [0.5, 0.6) is 11.5 Å². The topological polar surface area (TPSA) is 95.7 Å². The molecule has 2 aromatic rings. The lowest BCUT2D eigenvalue weighted by atomic mass is 10.3. The van der Waals surface area contributed by atoms with Gasteiger partial charge in [0.2, 0.25) is 5.75 Å². The van der Waals surface area contributed by atoms with Gasteiger partial charge in [-0.25, -0.2) is 14.0 Å². The molecule has 0 fully saturated rings. The smallest absolute Gasteiger partial charge is 0.336 e. The van der Waals surface area contributed by atoms with Crippen molar-refractivity contribution >= 4 is 17.6 Å². The Labute approximate surface area is 135 Å². The largest absolute Gasteiger partial charge is 0.420 e. The van der Waals surface area contributed by atoms with Crippen LogP contribution in [0.2, 0.25) is 0 Å². The van der Waals surface area contributed by atoms with E-state index in [-0.39, 0.29) is 11.5 Å². The predicted octanol–water partition coefficient (Wildman–Crippen LogP) is 2.80. The average Bonchev–Trinajstić information content (AvgIpc) is 2.55. The van der Waals surface area contributed by atoms with E-state index in [0.29, 0.717) is 0 Å². The first-order valence-electron chi connectivity index (χ1n) is 6.57. The minimum absolute atomic E-state index is 0.264. The molecule has 0 aliphatic rings. The molecule has 0 saturated heterocycles. The van der Waals surface area contributed by atoms with Gasteiger partial charge in [-0.1, -0.05) is 24.3 Å². The number of ether oxygens (including phenoxy) is 2. The second kappa shape index (κ2) is 7.63. The Balaban J connectivity index is 1.99. The Hall–Kier alpha value is -3.55. The lowest BCUT2D eigenvalue weighted by Gasteiger charge is -2.03. The summed E-state index contributed by atoms with van der Waals surface area (Å²) < 4.78 is 22.8. The van der Waals surface area contributed by atoms with Crippen LogP contribution >= 0.6 is 0 Å². The maximum Gasteiger partial charge on any atom is 0.336 e. The molecule has 0 aliphatic heterocycles. The summed E-state index contributed by atoms with van der Waals surface area (Å²) in [6, 6.07) is 10.5. The second-order valence-electron chi connectivity index (χ2n) is 4.33. The Kier molecular flexibility index (Phi) is 5.35. The van der Waals surface area contributed by atoms with Gasteiger partial charge in [0.1, 0.15) is 0 Å². The van der Waals surface area contributed by atoms with Crippen LogP contribution in [0, 0.1) is 15.9 Å². The van der Waals surface area contributed by atoms with Gasteiger partial charge in [-0.2, -0.15) is 0 Å². The van der Waals surface area contributed by atoms with Gasteiger partial charge in [0, 0.05) is 18.2 Å². The van der Waals surface area contributed by atoms with Crippen LogP contribution in [-0.4, -0.2) is 16.9 Å². The third-order valence-electron chi connectivity index (χ3n) is 2.68. The highest BCUT2D eigenvalue weighted by Crippen LogP contribution is 2.25. The fraction of sp³-hybridized carbons (Fsp3) is 0. The van der Waals surface area contributed by atoms with E-state index in [1.807, 2.05) is 0 Å². The molecule has 0 heterocycles. The molecule has 2 aromatic carbocycles. The van der Waals surface area contributed by atoms with Gasteiger partial charge in [0.25, 0.3) is 0 Å². The summed E-state index contributed by atoms with van der Waals surface area (Å²) in [5, 5.41) is 10.8. The van der Waals surface area contributed by atoms with Crippen LogP contribution in [0.15, 0.2) is 60.7 Å². The SMILES string of the molecule is O=C(/C=C/C(=O)Oc1ccccc1[N+](=O)[O-])Oc1ccccc1F. The highest BCUT2D eigenvalue weighted by molar-refractivity contribution is 5.93.